The number of imide groups is 1. The number of amides is 3. The monoisotopic (exact) mass is 432 g/mol. The van der Waals surface area contributed by atoms with Crippen molar-refractivity contribution < 1.29 is 18.8 Å². The number of anilines is 1. The predicted molar refractivity (Wildman–Crippen MR) is 120 cm³/mol. The van der Waals surface area contributed by atoms with Gasteiger partial charge in [0.2, 0.25) is 5.91 Å². The molecule has 1 heterocycles. The van der Waals surface area contributed by atoms with Gasteiger partial charge in [0.05, 0.1) is 4.91 Å². The van der Waals surface area contributed by atoms with Crippen molar-refractivity contribution in [3.8, 4) is 11.1 Å². The quantitative estimate of drug-likeness (QED) is 0.565. The predicted octanol–water partition coefficient (Wildman–Crippen LogP) is 5.17. The first-order valence-corrected chi connectivity index (χ1v) is 10.3. The first kappa shape index (κ1) is 20.6. The van der Waals surface area contributed by atoms with Gasteiger partial charge in [-0.1, -0.05) is 54.6 Å². The number of thioether (sulfide) groups is 1. The van der Waals surface area contributed by atoms with Crippen LogP contribution >= 0.6 is 11.8 Å². The topological polar surface area (TPSA) is 66.5 Å². The second-order valence-electron chi connectivity index (χ2n) is 6.81. The first-order valence-electron chi connectivity index (χ1n) is 9.46. The fourth-order valence-electron chi connectivity index (χ4n) is 3.07. The zero-order valence-electron chi connectivity index (χ0n) is 16.2. The molecule has 1 fully saturated rings. The summed E-state index contributed by atoms with van der Waals surface area (Å²) in [5, 5.41) is 2.04. The summed E-state index contributed by atoms with van der Waals surface area (Å²) in [5.41, 5.74) is 3.29. The number of nitrogens with one attached hydrogen (secondary N) is 1. The van der Waals surface area contributed by atoms with Crippen LogP contribution in [0.4, 0.5) is 14.9 Å². The van der Waals surface area contributed by atoms with Crippen LogP contribution in [0.5, 0.6) is 0 Å². The number of rotatable bonds is 5. The maximum atomic E-state index is 13.0. The van der Waals surface area contributed by atoms with Crippen molar-refractivity contribution in [1.82, 2.24) is 4.90 Å². The lowest BCUT2D eigenvalue weighted by atomic mass is 10.0. The zero-order chi connectivity index (χ0) is 21.8. The van der Waals surface area contributed by atoms with Gasteiger partial charge in [0.15, 0.2) is 0 Å². The molecule has 154 valence electrons. The highest BCUT2D eigenvalue weighted by atomic mass is 32.2. The molecule has 31 heavy (non-hydrogen) atoms. The summed E-state index contributed by atoms with van der Waals surface area (Å²) in [4.78, 5) is 38.2. The standard InChI is InChI=1S/C24H17FN2O3S/c25-19-10-12-20(13-11-19)26-22(28)15-27-23(29)21(31-24(27)30)14-16-6-8-18(9-7-16)17-4-2-1-3-5-17/h1-14H,15H2,(H,26,28)/b21-14-. The Hall–Kier alpha value is -3.71. The molecule has 0 saturated carbocycles. The molecule has 0 aliphatic carbocycles. The largest absolute Gasteiger partial charge is 0.325 e. The molecule has 0 radical (unpaired) electrons. The van der Waals surface area contributed by atoms with Crippen LogP contribution in [0, 0.1) is 5.82 Å². The maximum Gasteiger partial charge on any atom is 0.294 e. The van der Waals surface area contributed by atoms with E-state index in [-0.39, 0.29) is 4.91 Å². The number of halogens is 1. The van der Waals surface area contributed by atoms with E-state index in [1.54, 1.807) is 6.08 Å². The normalized spacial score (nSPS) is 14.9. The van der Waals surface area contributed by atoms with Gasteiger partial charge in [-0.05, 0) is 58.8 Å². The number of hydrogen-bond donors (Lipinski definition) is 1. The van der Waals surface area contributed by atoms with Crippen LogP contribution in [0.1, 0.15) is 5.56 Å². The molecule has 0 unspecified atom stereocenters. The molecule has 3 aromatic rings. The Bertz CT molecular complexity index is 1160. The van der Waals surface area contributed by atoms with E-state index in [0.29, 0.717) is 5.69 Å². The van der Waals surface area contributed by atoms with Crippen LogP contribution < -0.4 is 5.32 Å². The molecule has 5 nitrogen and oxygen atoms in total. The van der Waals surface area contributed by atoms with E-state index >= 15 is 0 Å². The Balaban J connectivity index is 1.43. The number of carbonyl (C=O) groups is 3. The van der Waals surface area contributed by atoms with Gasteiger partial charge < -0.3 is 5.32 Å². The van der Waals surface area contributed by atoms with Crippen molar-refractivity contribution in [2.45, 2.75) is 0 Å². The van der Waals surface area contributed by atoms with Crippen molar-refractivity contribution in [1.29, 1.82) is 0 Å². The zero-order valence-corrected chi connectivity index (χ0v) is 17.1. The van der Waals surface area contributed by atoms with Gasteiger partial charge in [-0.2, -0.15) is 0 Å². The second-order valence-corrected chi connectivity index (χ2v) is 7.80. The average Bonchev–Trinajstić information content (AvgIpc) is 3.04. The van der Waals surface area contributed by atoms with Gasteiger partial charge in [0, 0.05) is 5.69 Å². The highest BCUT2D eigenvalue weighted by molar-refractivity contribution is 8.18. The fourth-order valence-corrected chi connectivity index (χ4v) is 3.91. The van der Waals surface area contributed by atoms with Crippen LogP contribution in [-0.2, 0) is 9.59 Å². The number of hydrogen-bond acceptors (Lipinski definition) is 4. The molecule has 3 aromatic carbocycles. The Morgan fingerprint density at radius 3 is 2.23 bits per heavy atom. The van der Waals surface area contributed by atoms with Gasteiger partial charge in [-0.25, -0.2) is 4.39 Å². The van der Waals surface area contributed by atoms with Gasteiger partial charge in [-0.3, -0.25) is 19.3 Å². The lowest BCUT2D eigenvalue weighted by Crippen LogP contribution is -2.36. The van der Waals surface area contributed by atoms with Crippen LogP contribution in [-0.4, -0.2) is 28.5 Å². The summed E-state index contributed by atoms with van der Waals surface area (Å²) in [6.07, 6.45) is 1.64. The fraction of sp³-hybridized carbons (Fsp3) is 0.0417. The van der Waals surface area contributed by atoms with E-state index in [1.165, 1.54) is 24.3 Å². The van der Waals surface area contributed by atoms with Crippen LogP contribution in [0.15, 0.2) is 83.8 Å². The molecular weight excluding hydrogens is 415 g/mol. The molecule has 0 spiro atoms. The van der Waals surface area contributed by atoms with E-state index in [2.05, 4.69) is 5.32 Å². The van der Waals surface area contributed by atoms with E-state index in [9.17, 15) is 18.8 Å². The molecule has 0 atom stereocenters. The molecule has 4 rings (SSSR count). The van der Waals surface area contributed by atoms with E-state index in [4.69, 9.17) is 0 Å². The van der Waals surface area contributed by atoms with E-state index in [0.717, 1.165) is 33.4 Å². The van der Waals surface area contributed by atoms with Gasteiger partial charge in [-0.15, -0.1) is 0 Å². The third-order valence-electron chi connectivity index (χ3n) is 4.62. The van der Waals surface area contributed by atoms with Crippen molar-refractivity contribution >= 4 is 40.6 Å². The van der Waals surface area contributed by atoms with Gasteiger partial charge >= 0.3 is 0 Å². The minimum atomic E-state index is -0.539. The lowest BCUT2D eigenvalue weighted by molar-refractivity contribution is -0.127. The highest BCUT2D eigenvalue weighted by Crippen LogP contribution is 2.32. The summed E-state index contributed by atoms with van der Waals surface area (Å²) in [5.74, 6) is -1.48. The summed E-state index contributed by atoms with van der Waals surface area (Å²) < 4.78 is 13.0. The molecule has 0 bridgehead atoms. The molecular formula is C24H17FN2O3S. The smallest absolute Gasteiger partial charge is 0.294 e. The Labute approximate surface area is 182 Å². The van der Waals surface area contributed by atoms with Crippen molar-refractivity contribution in [3.63, 3.8) is 0 Å². The minimum Gasteiger partial charge on any atom is -0.325 e. The second kappa shape index (κ2) is 8.97. The SMILES string of the molecule is O=C(CN1C(=O)S/C(=C\c2ccc(-c3ccccc3)cc2)C1=O)Nc1ccc(F)cc1. The minimum absolute atomic E-state index is 0.257. The number of benzene rings is 3. The maximum absolute atomic E-state index is 13.0. The molecule has 7 heteroatoms. The van der Waals surface area contributed by atoms with Crippen LogP contribution in [0.25, 0.3) is 17.2 Å². The molecule has 3 amide bonds. The average molecular weight is 432 g/mol. The summed E-state index contributed by atoms with van der Waals surface area (Å²) >= 11 is 0.796. The Morgan fingerprint density at radius 2 is 1.55 bits per heavy atom. The van der Waals surface area contributed by atoms with Gasteiger partial charge in [0.25, 0.3) is 11.1 Å². The summed E-state index contributed by atoms with van der Waals surface area (Å²) in [7, 11) is 0. The van der Waals surface area contributed by atoms with Crippen molar-refractivity contribution in [2.24, 2.45) is 0 Å². The molecule has 1 saturated heterocycles. The Kier molecular flexibility index (Phi) is 5.95. The molecule has 1 N–H and O–H groups in total. The first-order chi connectivity index (χ1) is 15.0. The van der Waals surface area contributed by atoms with Crippen molar-refractivity contribution in [2.75, 3.05) is 11.9 Å². The van der Waals surface area contributed by atoms with E-state index < -0.39 is 29.4 Å². The Morgan fingerprint density at radius 1 is 0.903 bits per heavy atom. The van der Waals surface area contributed by atoms with Crippen molar-refractivity contribution in [3.05, 3.63) is 95.1 Å². The van der Waals surface area contributed by atoms with Crippen LogP contribution in [0.2, 0.25) is 0 Å². The lowest BCUT2D eigenvalue weighted by Gasteiger charge is -2.12. The third kappa shape index (κ3) is 4.90. The number of nitrogens with zero attached hydrogens (tertiary/aromatic N) is 1. The summed E-state index contributed by atoms with van der Waals surface area (Å²) in [6.45, 7) is -0.410. The molecule has 1 aliphatic heterocycles. The highest BCUT2D eigenvalue weighted by Gasteiger charge is 2.36. The van der Waals surface area contributed by atoms with E-state index in [1.807, 2.05) is 54.6 Å². The van der Waals surface area contributed by atoms with Crippen LogP contribution in [0.3, 0.4) is 0 Å². The number of carbonyl (C=O) groups excluding carboxylic acids is 3. The third-order valence-corrected chi connectivity index (χ3v) is 5.53. The molecule has 1 aliphatic rings. The summed E-state index contributed by atoms with van der Waals surface area (Å²) in [6, 6.07) is 22.8. The molecule has 0 aromatic heterocycles. The van der Waals surface area contributed by atoms with Gasteiger partial charge in [0.1, 0.15) is 12.4 Å².